The fourth-order valence-electron chi connectivity index (χ4n) is 3.76. The molecule has 2 heterocycles. The van der Waals surface area contributed by atoms with E-state index in [1.54, 1.807) is 0 Å². The Morgan fingerprint density at radius 1 is 1.44 bits per heavy atom. The molecule has 3 rings (SSSR count). The second kappa shape index (κ2) is 4.82. The number of nitrogens with one attached hydrogen (secondary N) is 2. The second-order valence-corrected chi connectivity index (χ2v) is 6.53. The van der Waals surface area contributed by atoms with Gasteiger partial charge in [-0.25, -0.2) is 0 Å². The highest BCUT2D eigenvalue weighted by Gasteiger charge is 2.57. The van der Waals surface area contributed by atoms with Gasteiger partial charge in [-0.2, -0.15) is 0 Å². The molecule has 3 fully saturated rings. The van der Waals surface area contributed by atoms with Crippen LogP contribution in [0.15, 0.2) is 0 Å². The largest absolute Gasteiger partial charge is 0.356 e. The highest BCUT2D eigenvalue weighted by molar-refractivity contribution is 5.82. The standard InChI is InChI=1S/C14H25N3O/c1-17-7-2-11(10-17)9-16-13(18)12-8-14(12)3-5-15-6-4-14/h11-12,15H,2-10H2,1H3,(H,16,18). The number of likely N-dealkylation sites (tertiary alicyclic amines) is 1. The van der Waals surface area contributed by atoms with Crippen molar-refractivity contribution < 1.29 is 4.79 Å². The molecule has 0 aromatic carbocycles. The van der Waals surface area contributed by atoms with Crippen molar-refractivity contribution in [1.29, 1.82) is 0 Å². The molecule has 1 saturated carbocycles. The third kappa shape index (κ3) is 2.41. The van der Waals surface area contributed by atoms with E-state index in [2.05, 4.69) is 22.6 Å². The highest BCUT2D eigenvalue weighted by Crippen LogP contribution is 2.58. The van der Waals surface area contributed by atoms with Crippen LogP contribution in [0.1, 0.15) is 25.7 Å². The summed E-state index contributed by atoms with van der Waals surface area (Å²) in [5.74, 6) is 1.31. The number of amides is 1. The zero-order chi connectivity index (χ0) is 12.6. The van der Waals surface area contributed by atoms with Gasteiger partial charge >= 0.3 is 0 Å². The van der Waals surface area contributed by atoms with Crippen molar-refractivity contribution in [2.24, 2.45) is 17.3 Å². The lowest BCUT2D eigenvalue weighted by Crippen LogP contribution is -2.35. The third-order valence-electron chi connectivity index (χ3n) is 5.16. The van der Waals surface area contributed by atoms with Crippen LogP contribution in [0, 0.1) is 17.3 Å². The first-order valence-electron chi connectivity index (χ1n) is 7.37. The molecule has 2 saturated heterocycles. The van der Waals surface area contributed by atoms with Crippen LogP contribution in [0.5, 0.6) is 0 Å². The van der Waals surface area contributed by atoms with Crippen LogP contribution in [0.25, 0.3) is 0 Å². The Hall–Kier alpha value is -0.610. The molecular weight excluding hydrogens is 226 g/mol. The summed E-state index contributed by atoms with van der Waals surface area (Å²) < 4.78 is 0. The van der Waals surface area contributed by atoms with Gasteiger partial charge < -0.3 is 15.5 Å². The van der Waals surface area contributed by atoms with Crippen molar-refractivity contribution in [3.05, 3.63) is 0 Å². The van der Waals surface area contributed by atoms with Crippen molar-refractivity contribution in [1.82, 2.24) is 15.5 Å². The van der Waals surface area contributed by atoms with Gasteiger partial charge in [-0.1, -0.05) is 0 Å². The molecule has 0 aromatic rings. The molecule has 3 aliphatic rings. The minimum absolute atomic E-state index is 0.318. The predicted octanol–water partition coefficient (Wildman–Crippen LogP) is 0.444. The van der Waals surface area contributed by atoms with E-state index in [0.29, 0.717) is 23.2 Å². The summed E-state index contributed by atoms with van der Waals surface area (Å²) in [7, 11) is 2.16. The van der Waals surface area contributed by atoms with Crippen molar-refractivity contribution in [2.75, 3.05) is 39.8 Å². The average Bonchev–Trinajstić information content (AvgIpc) is 2.89. The lowest BCUT2D eigenvalue weighted by atomic mass is 9.91. The molecule has 2 atom stereocenters. The van der Waals surface area contributed by atoms with E-state index in [1.807, 2.05) is 0 Å². The predicted molar refractivity (Wildman–Crippen MR) is 71.3 cm³/mol. The van der Waals surface area contributed by atoms with Crippen molar-refractivity contribution in [2.45, 2.75) is 25.7 Å². The lowest BCUT2D eigenvalue weighted by Gasteiger charge is -2.23. The Labute approximate surface area is 109 Å². The quantitative estimate of drug-likeness (QED) is 0.765. The lowest BCUT2D eigenvalue weighted by molar-refractivity contribution is -0.123. The van der Waals surface area contributed by atoms with E-state index in [9.17, 15) is 4.79 Å². The highest BCUT2D eigenvalue weighted by atomic mass is 16.2. The average molecular weight is 251 g/mol. The number of carbonyl (C=O) groups is 1. The Morgan fingerprint density at radius 2 is 2.22 bits per heavy atom. The van der Waals surface area contributed by atoms with Crippen LogP contribution in [-0.4, -0.2) is 50.6 Å². The second-order valence-electron chi connectivity index (χ2n) is 6.53. The van der Waals surface area contributed by atoms with Gasteiger partial charge in [0.1, 0.15) is 0 Å². The van der Waals surface area contributed by atoms with Crippen molar-refractivity contribution in [3.8, 4) is 0 Å². The van der Waals surface area contributed by atoms with Crippen LogP contribution in [-0.2, 0) is 4.79 Å². The SMILES string of the molecule is CN1CCC(CNC(=O)C2CC23CCNCC3)C1. The molecule has 4 heteroatoms. The Balaban J connectivity index is 1.43. The first-order chi connectivity index (χ1) is 8.70. The maximum Gasteiger partial charge on any atom is 0.223 e. The molecule has 1 aliphatic carbocycles. The molecular formula is C14H25N3O. The number of rotatable bonds is 3. The Morgan fingerprint density at radius 3 is 2.89 bits per heavy atom. The minimum atomic E-state index is 0.318. The molecule has 2 N–H and O–H groups in total. The van der Waals surface area contributed by atoms with Gasteiger partial charge in [-0.3, -0.25) is 4.79 Å². The van der Waals surface area contributed by atoms with Crippen molar-refractivity contribution in [3.63, 3.8) is 0 Å². The molecule has 2 aliphatic heterocycles. The van der Waals surface area contributed by atoms with E-state index in [1.165, 1.54) is 25.8 Å². The van der Waals surface area contributed by atoms with Gasteiger partial charge in [-0.15, -0.1) is 0 Å². The fourth-order valence-corrected chi connectivity index (χ4v) is 3.76. The van der Waals surface area contributed by atoms with Crippen LogP contribution >= 0.6 is 0 Å². The Bertz CT molecular complexity index is 325. The molecule has 102 valence electrons. The number of carbonyl (C=O) groups excluding carboxylic acids is 1. The van der Waals surface area contributed by atoms with Gasteiger partial charge in [0, 0.05) is 19.0 Å². The summed E-state index contributed by atoms with van der Waals surface area (Å²) in [5, 5.41) is 6.58. The zero-order valence-electron chi connectivity index (χ0n) is 11.4. The Kier molecular flexibility index (Phi) is 3.32. The van der Waals surface area contributed by atoms with Crippen LogP contribution in [0.4, 0.5) is 0 Å². The fraction of sp³-hybridized carbons (Fsp3) is 0.929. The summed E-state index contributed by atoms with van der Waals surface area (Å²) >= 11 is 0. The van der Waals surface area contributed by atoms with E-state index in [4.69, 9.17) is 0 Å². The van der Waals surface area contributed by atoms with Gasteiger partial charge in [0.05, 0.1) is 0 Å². The van der Waals surface area contributed by atoms with Crippen LogP contribution in [0.3, 0.4) is 0 Å². The number of piperidine rings is 1. The molecule has 18 heavy (non-hydrogen) atoms. The van der Waals surface area contributed by atoms with Crippen molar-refractivity contribution >= 4 is 5.91 Å². The van der Waals surface area contributed by atoms with Gasteiger partial charge in [0.25, 0.3) is 0 Å². The zero-order valence-corrected chi connectivity index (χ0v) is 11.4. The normalized spacial score (nSPS) is 34.7. The molecule has 1 amide bonds. The van der Waals surface area contributed by atoms with E-state index in [-0.39, 0.29) is 0 Å². The first kappa shape index (κ1) is 12.4. The minimum Gasteiger partial charge on any atom is -0.356 e. The molecule has 0 aromatic heterocycles. The summed E-state index contributed by atoms with van der Waals surface area (Å²) in [6.07, 6.45) is 4.75. The molecule has 4 nitrogen and oxygen atoms in total. The number of hydrogen-bond donors (Lipinski definition) is 2. The molecule has 0 bridgehead atoms. The molecule has 2 unspecified atom stereocenters. The van der Waals surface area contributed by atoms with Gasteiger partial charge in [0.2, 0.25) is 5.91 Å². The molecule has 0 radical (unpaired) electrons. The topological polar surface area (TPSA) is 44.4 Å². The molecule has 1 spiro atoms. The van der Waals surface area contributed by atoms with Crippen LogP contribution < -0.4 is 10.6 Å². The third-order valence-corrected chi connectivity index (χ3v) is 5.16. The maximum atomic E-state index is 12.2. The summed E-state index contributed by atoms with van der Waals surface area (Å²) in [4.78, 5) is 14.5. The summed E-state index contributed by atoms with van der Waals surface area (Å²) in [6.45, 7) is 5.39. The monoisotopic (exact) mass is 251 g/mol. The summed E-state index contributed by atoms with van der Waals surface area (Å²) in [5.41, 5.74) is 0.377. The van der Waals surface area contributed by atoms with Gasteiger partial charge in [-0.05, 0) is 63.7 Å². The number of nitrogens with zero attached hydrogens (tertiary/aromatic N) is 1. The van der Waals surface area contributed by atoms with Crippen LogP contribution in [0.2, 0.25) is 0 Å². The van der Waals surface area contributed by atoms with E-state index < -0.39 is 0 Å². The van der Waals surface area contributed by atoms with E-state index in [0.717, 1.165) is 32.6 Å². The number of hydrogen-bond acceptors (Lipinski definition) is 3. The summed E-state index contributed by atoms with van der Waals surface area (Å²) in [6, 6.07) is 0. The first-order valence-corrected chi connectivity index (χ1v) is 7.37. The van der Waals surface area contributed by atoms with E-state index >= 15 is 0 Å². The maximum absolute atomic E-state index is 12.2. The van der Waals surface area contributed by atoms with Gasteiger partial charge in [0.15, 0.2) is 0 Å². The smallest absolute Gasteiger partial charge is 0.223 e.